The molecular formula is C21H16FN3O. The topological polar surface area (TPSA) is 46.9 Å². The molecule has 0 spiro atoms. The summed E-state index contributed by atoms with van der Waals surface area (Å²) >= 11 is 0. The van der Waals surface area contributed by atoms with E-state index in [1.807, 2.05) is 53.1 Å². The predicted octanol–water partition coefficient (Wildman–Crippen LogP) is 4.73. The van der Waals surface area contributed by atoms with Gasteiger partial charge in [-0.1, -0.05) is 18.2 Å². The van der Waals surface area contributed by atoms with Crippen LogP contribution in [0.3, 0.4) is 0 Å². The van der Waals surface area contributed by atoms with Crippen LogP contribution in [-0.4, -0.2) is 15.5 Å². The number of nitrogens with zero attached hydrogens (tertiary/aromatic N) is 2. The largest absolute Gasteiger partial charge is 0.322 e. The molecule has 0 saturated heterocycles. The molecule has 128 valence electrons. The minimum atomic E-state index is -0.389. The number of halogens is 1. The molecule has 1 amide bonds. The van der Waals surface area contributed by atoms with Crippen molar-refractivity contribution >= 4 is 22.6 Å². The number of hydrogen-bond acceptors (Lipinski definition) is 2. The number of carbonyl (C=O) groups excluding carboxylic acids is 1. The quantitative estimate of drug-likeness (QED) is 0.584. The number of fused-ring (bicyclic) bond motifs is 1. The summed E-state index contributed by atoms with van der Waals surface area (Å²) in [5.74, 6) is -0.732. The highest BCUT2D eigenvalue weighted by molar-refractivity contribution is 6.04. The molecule has 1 aromatic heterocycles. The first kappa shape index (κ1) is 16.0. The number of carbonyl (C=O) groups is 1. The molecule has 4 rings (SSSR count). The fraction of sp³-hybridized carbons (Fsp3) is 0.0476. The third-order valence-electron chi connectivity index (χ3n) is 4.29. The molecule has 0 unspecified atom stereocenters. The molecule has 0 radical (unpaired) electrons. The third kappa shape index (κ3) is 2.95. The summed E-state index contributed by atoms with van der Waals surface area (Å²) in [5.41, 5.74) is 4.32. The molecular weight excluding hydrogens is 329 g/mol. The van der Waals surface area contributed by atoms with Gasteiger partial charge in [-0.05, 0) is 61.0 Å². The zero-order valence-electron chi connectivity index (χ0n) is 14.1. The van der Waals surface area contributed by atoms with Crippen LogP contribution in [0.15, 0.2) is 73.1 Å². The van der Waals surface area contributed by atoms with Gasteiger partial charge < -0.3 is 5.32 Å². The van der Waals surface area contributed by atoms with E-state index in [1.165, 1.54) is 6.07 Å². The zero-order valence-corrected chi connectivity index (χ0v) is 14.1. The minimum absolute atomic E-state index is 0.290. The molecule has 0 aliphatic rings. The molecule has 1 heterocycles. The van der Waals surface area contributed by atoms with Crippen molar-refractivity contribution in [1.29, 1.82) is 0 Å². The first-order chi connectivity index (χ1) is 12.6. The Morgan fingerprint density at radius 3 is 2.58 bits per heavy atom. The maximum Gasteiger partial charge on any atom is 0.255 e. The molecule has 0 fully saturated rings. The number of aryl methyl sites for hydroxylation is 1. The van der Waals surface area contributed by atoms with Crippen LogP contribution < -0.4 is 5.32 Å². The van der Waals surface area contributed by atoms with Crippen LogP contribution in [0, 0.1) is 12.7 Å². The van der Waals surface area contributed by atoms with E-state index in [-0.39, 0.29) is 17.3 Å². The molecule has 0 aliphatic heterocycles. The van der Waals surface area contributed by atoms with Crippen LogP contribution in [0.1, 0.15) is 15.9 Å². The molecule has 5 heteroatoms. The average molecular weight is 345 g/mol. The average Bonchev–Trinajstić information content (AvgIpc) is 3.09. The number of anilines is 1. The lowest BCUT2D eigenvalue weighted by Gasteiger charge is -2.08. The Hall–Kier alpha value is -3.47. The Labute approximate surface area is 149 Å². The number of rotatable bonds is 3. The standard InChI is InChI=1S/C21H16FN3O/c1-14-6-7-15(12-18(14)22)21(26)24-16-8-10-17(11-9-16)25-13-23-19-4-2-3-5-20(19)25/h2-13H,1H3,(H,24,26). The molecule has 4 nitrogen and oxygen atoms in total. The zero-order chi connectivity index (χ0) is 18.1. The number of para-hydroxylation sites is 2. The van der Waals surface area contributed by atoms with Gasteiger partial charge in [0, 0.05) is 16.9 Å². The summed E-state index contributed by atoms with van der Waals surface area (Å²) in [6, 6.07) is 19.8. The number of nitrogens with one attached hydrogen (secondary N) is 1. The fourth-order valence-corrected chi connectivity index (χ4v) is 2.81. The van der Waals surface area contributed by atoms with E-state index in [0.717, 1.165) is 16.7 Å². The highest BCUT2D eigenvalue weighted by Crippen LogP contribution is 2.20. The smallest absolute Gasteiger partial charge is 0.255 e. The Bertz CT molecular complexity index is 1100. The first-order valence-electron chi connectivity index (χ1n) is 8.22. The van der Waals surface area contributed by atoms with E-state index in [1.54, 1.807) is 25.4 Å². The van der Waals surface area contributed by atoms with Crippen molar-refractivity contribution in [1.82, 2.24) is 9.55 Å². The number of imidazole rings is 1. The van der Waals surface area contributed by atoms with Crippen LogP contribution in [0.2, 0.25) is 0 Å². The Balaban J connectivity index is 1.56. The van der Waals surface area contributed by atoms with Crippen LogP contribution in [-0.2, 0) is 0 Å². The van der Waals surface area contributed by atoms with Crippen molar-refractivity contribution in [3.8, 4) is 5.69 Å². The molecule has 0 saturated carbocycles. The molecule has 26 heavy (non-hydrogen) atoms. The van der Waals surface area contributed by atoms with Crippen molar-refractivity contribution in [2.75, 3.05) is 5.32 Å². The first-order valence-corrected chi connectivity index (χ1v) is 8.22. The van der Waals surface area contributed by atoms with Gasteiger partial charge >= 0.3 is 0 Å². The summed E-state index contributed by atoms with van der Waals surface area (Å²) in [7, 11) is 0. The summed E-state index contributed by atoms with van der Waals surface area (Å²) in [5, 5.41) is 2.78. The molecule has 4 aromatic rings. The number of hydrogen-bond donors (Lipinski definition) is 1. The van der Waals surface area contributed by atoms with Crippen LogP contribution in [0.25, 0.3) is 16.7 Å². The second kappa shape index (κ2) is 6.44. The maximum atomic E-state index is 13.6. The normalized spacial score (nSPS) is 10.8. The summed E-state index contributed by atoms with van der Waals surface area (Å²) in [6.45, 7) is 1.66. The summed E-state index contributed by atoms with van der Waals surface area (Å²) in [4.78, 5) is 16.7. The summed E-state index contributed by atoms with van der Waals surface area (Å²) in [6.07, 6.45) is 1.77. The van der Waals surface area contributed by atoms with Gasteiger partial charge in [-0.15, -0.1) is 0 Å². The van der Waals surface area contributed by atoms with Gasteiger partial charge in [0.2, 0.25) is 0 Å². The van der Waals surface area contributed by atoms with E-state index >= 15 is 0 Å². The van der Waals surface area contributed by atoms with Gasteiger partial charge in [-0.25, -0.2) is 9.37 Å². The minimum Gasteiger partial charge on any atom is -0.322 e. The van der Waals surface area contributed by atoms with Gasteiger partial charge in [0.05, 0.1) is 11.0 Å². The van der Waals surface area contributed by atoms with Crippen molar-refractivity contribution in [3.05, 3.63) is 90.0 Å². The monoisotopic (exact) mass is 345 g/mol. The maximum absolute atomic E-state index is 13.6. The van der Waals surface area contributed by atoms with Gasteiger partial charge in [0.25, 0.3) is 5.91 Å². The molecule has 3 aromatic carbocycles. The van der Waals surface area contributed by atoms with Gasteiger partial charge in [0.1, 0.15) is 12.1 Å². The lowest BCUT2D eigenvalue weighted by molar-refractivity contribution is 0.102. The van der Waals surface area contributed by atoms with Gasteiger partial charge in [-0.3, -0.25) is 9.36 Å². The molecule has 0 atom stereocenters. The summed E-state index contributed by atoms with van der Waals surface area (Å²) < 4.78 is 15.6. The Kier molecular flexibility index (Phi) is 3.97. The van der Waals surface area contributed by atoms with E-state index in [0.29, 0.717) is 11.3 Å². The van der Waals surface area contributed by atoms with Crippen molar-refractivity contribution in [3.63, 3.8) is 0 Å². The predicted molar refractivity (Wildman–Crippen MR) is 100 cm³/mol. The fourth-order valence-electron chi connectivity index (χ4n) is 2.81. The second-order valence-electron chi connectivity index (χ2n) is 6.07. The highest BCUT2D eigenvalue weighted by Gasteiger charge is 2.09. The van der Waals surface area contributed by atoms with Crippen LogP contribution in [0.5, 0.6) is 0 Å². The lowest BCUT2D eigenvalue weighted by Crippen LogP contribution is -2.12. The van der Waals surface area contributed by atoms with Crippen molar-refractivity contribution in [2.45, 2.75) is 6.92 Å². The van der Waals surface area contributed by atoms with Crippen molar-refractivity contribution in [2.24, 2.45) is 0 Å². The van der Waals surface area contributed by atoms with E-state index in [4.69, 9.17) is 0 Å². The Morgan fingerprint density at radius 1 is 1.04 bits per heavy atom. The Morgan fingerprint density at radius 2 is 1.81 bits per heavy atom. The highest BCUT2D eigenvalue weighted by atomic mass is 19.1. The van der Waals surface area contributed by atoms with E-state index in [2.05, 4.69) is 10.3 Å². The number of benzene rings is 3. The van der Waals surface area contributed by atoms with Gasteiger partial charge in [-0.2, -0.15) is 0 Å². The van der Waals surface area contributed by atoms with E-state index < -0.39 is 0 Å². The van der Waals surface area contributed by atoms with E-state index in [9.17, 15) is 9.18 Å². The van der Waals surface area contributed by atoms with Crippen LogP contribution in [0.4, 0.5) is 10.1 Å². The molecule has 0 bridgehead atoms. The van der Waals surface area contributed by atoms with Crippen LogP contribution >= 0.6 is 0 Å². The number of aromatic nitrogens is 2. The lowest BCUT2D eigenvalue weighted by atomic mass is 10.1. The number of amides is 1. The third-order valence-corrected chi connectivity index (χ3v) is 4.29. The molecule has 1 N–H and O–H groups in total. The van der Waals surface area contributed by atoms with Crippen molar-refractivity contribution < 1.29 is 9.18 Å². The SMILES string of the molecule is Cc1ccc(C(=O)Nc2ccc(-n3cnc4ccccc43)cc2)cc1F. The molecule has 0 aliphatic carbocycles. The van der Waals surface area contributed by atoms with Gasteiger partial charge in [0.15, 0.2) is 0 Å². The second-order valence-corrected chi connectivity index (χ2v) is 6.07.